The van der Waals surface area contributed by atoms with Crippen molar-refractivity contribution >= 4 is 11.9 Å². The normalized spacial score (nSPS) is 20.0. The van der Waals surface area contributed by atoms with Crippen LogP contribution in [0.5, 0.6) is 0 Å². The number of carboxylic acid groups (broad SMARTS) is 1. The number of carbonyl (C=O) groups excluding carboxylic acids is 1. The van der Waals surface area contributed by atoms with E-state index >= 15 is 0 Å². The van der Waals surface area contributed by atoms with E-state index in [1.54, 1.807) is 0 Å². The van der Waals surface area contributed by atoms with Gasteiger partial charge < -0.3 is 10.0 Å². The number of likely N-dealkylation sites (tertiary alicyclic amines) is 1. The Labute approximate surface area is 71.2 Å². The van der Waals surface area contributed by atoms with Gasteiger partial charge in [-0.3, -0.25) is 4.79 Å². The number of hydrogen-bond donors (Lipinski definition) is 1. The first kappa shape index (κ1) is 9.03. The summed E-state index contributed by atoms with van der Waals surface area (Å²) in [7, 11) is 0. The Hall–Kier alpha value is -1.06. The number of hydrogen-bond acceptors (Lipinski definition) is 2. The molecule has 1 N–H and O–H groups in total. The summed E-state index contributed by atoms with van der Waals surface area (Å²) in [6.45, 7) is 1.00. The van der Waals surface area contributed by atoms with Crippen LogP contribution < -0.4 is 0 Å². The molecular weight excluding hydrogens is 158 g/mol. The second-order valence-electron chi connectivity index (χ2n) is 3.02. The van der Waals surface area contributed by atoms with Crippen molar-refractivity contribution in [1.82, 2.24) is 4.90 Å². The van der Waals surface area contributed by atoms with E-state index in [-0.39, 0.29) is 5.78 Å². The van der Waals surface area contributed by atoms with Crippen LogP contribution in [0.15, 0.2) is 0 Å². The van der Waals surface area contributed by atoms with E-state index in [1.165, 1.54) is 4.90 Å². The van der Waals surface area contributed by atoms with Gasteiger partial charge in [-0.2, -0.15) is 0 Å². The molecule has 0 aromatic rings. The van der Waals surface area contributed by atoms with Crippen LogP contribution in [0, 0.1) is 0 Å². The second kappa shape index (κ2) is 4.09. The van der Waals surface area contributed by atoms with Crippen LogP contribution >= 0.6 is 0 Å². The predicted molar refractivity (Wildman–Crippen MR) is 43.1 cm³/mol. The molecule has 0 radical (unpaired) electrons. The molecular formula is C8H13NO3. The maximum Gasteiger partial charge on any atom is 0.407 e. The Bertz CT molecular complexity index is 179. The Morgan fingerprint density at radius 2 is 1.75 bits per heavy atom. The predicted octanol–water partition coefficient (Wildman–Crippen LogP) is 1.11. The molecule has 1 aliphatic rings. The largest absolute Gasteiger partial charge is 0.465 e. The van der Waals surface area contributed by atoms with Gasteiger partial charge in [0.15, 0.2) is 0 Å². The highest BCUT2D eigenvalue weighted by Crippen LogP contribution is 2.07. The van der Waals surface area contributed by atoms with E-state index in [4.69, 9.17) is 5.11 Å². The smallest absolute Gasteiger partial charge is 0.407 e. The standard InChI is InChI=1S/C8H13NO3/c10-7-3-1-5-9(8(11)12)6-2-4-7/h1-6H2,(H,11,12). The van der Waals surface area contributed by atoms with Crippen LogP contribution in [0.1, 0.15) is 25.7 Å². The number of carbonyl (C=O) groups is 2. The number of rotatable bonds is 0. The number of Topliss-reactive ketones (excluding diaryl/α,β-unsaturated/α-hetero) is 1. The molecule has 68 valence electrons. The third-order valence-corrected chi connectivity index (χ3v) is 2.04. The molecule has 0 spiro atoms. The lowest BCUT2D eigenvalue weighted by molar-refractivity contribution is -0.119. The number of ketones is 1. The topological polar surface area (TPSA) is 57.6 Å². The number of nitrogens with zero attached hydrogens (tertiary/aromatic N) is 1. The van der Waals surface area contributed by atoms with Crippen LogP contribution in [0.25, 0.3) is 0 Å². The molecule has 0 saturated carbocycles. The van der Waals surface area contributed by atoms with Crippen LogP contribution in [-0.4, -0.2) is 35.0 Å². The maximum atomic E-state index is 10.9. The van der Waals surface area contributed by atoms with Gasteiger partial charge >= 0.3 is 6.09 Å². The average Bonchev–Trinajstić information content (AvgIpc) is 1.95. The van der Waals surface area contributed by atoms with Gasteiger partial charge in [0.2, 0.25) is 0 Å². The Morgan fingerprint density at radius 3 is 2.17 bits per heavy atom. The summed E-state index contributed by atoms with van der Waals surface area (Å²) in [6, 6.07) is 0. The molecule has 12 heavy (non-hydrogen) atoms. The molecule has 1 amide bonds. The molecule has 1 aliphatic heterocycles. The van der Waals surface area contributed by atoms with Gasteiger partial charge in [-0.1, -0.05) is 0 Å². The summed E-state index contributed by atoms with van der Waals surface area (Å²) >= 11 is 0. The quantitative estimate of drug-likeness (QED) is 0.594. The van der Waals surface area contributed by atoms with Crippen molar-refractivity contribution in [3.05, 3.63) is 0 Å². The van der Waals surface area contributed by atoms with Gasteiger partial charge in [0.1, 0.15) is 5.78 Å². The third kappa shape index (κ3) is 2.53. The molecule has 1 saturated heterocycles. The minimum atomic E-state index is -0.871. The summed E-state index contributed by atoms with van der Waals surface area (Å²) in [5.41, 5.74) is 0. The summed E-state index contributed by atoms with van der Waals surface area (Å²) < 4.78 is 0. The van der Waals surface area contributed by atoms with Crippen molar-refractivity contribution < 1.29 is 14.7 Å². The molecule has 0 aromatic heterocycles. The van der Waals surface area contributed by atoms with Gasteiger partial charge in [-0.25, -0.2) is 4.79 Å². The maximum absolute atomic E-state index is 10.9. The Morgan fingerprint density at radius 1 is 1.25 bits per heavy atom. The molecule has 0 aromatic carbocycles. The Kier molecular flexibility index (Phi) is 3.08. The highest BCUT2D eigenvalue weighted by atomic mass is 16.4. The SMILES string of the molecule is O=C1CCCN(C(=O)O)CCC1. The zero-order valence-corrected chi connectivity index (χ0v) is 6.95. The summed E-state index contributed by atoms with van der Waals surface area (Å²) in [6.07, 6.45) is 1.54. The minimum Gasteiger partial charge on any atom is -0.465 e. The fraction of sp³-hybridized carbons (Fsp3) is 0.750. The van der Waals surface area contributed by atoms with E-state index in [0.29, 0.717) is 38.8 Å². The summed E-state index contributed by atoms with van der Waals surface area (Å²) in [5.74, 6) is 0.264. The van der Waals surface area contributed by atoms with Crippen LogP contribution in [0.2, 0.25) is 0 Å². The molecule has 4 heteroatoms. The minimum absolute atomic E-state index is 0.264. The van der Waals surface area contributed by atoms with Gasteiger partial charge in [0.25, 0.3) is 0 Å². The molecule has 4 nitrogen and oxygen atoms in total. The third-order valence-electron chi connectivity index (χ3n) is 2.04. The zero-order chi connectivity index (χ0) is 8.97. The monoisotopic (exact) mass is 171 g/mol. The summed E-state index contributed by atoms with van der Waals surface area (Å²) in [4.78, 5) is 22.9. The lowest BCUT2D eigenvalue weighted by Gasteiger charge is -2.20. The van der Waals surface area contributed by atoms with Gasteiger partial charge in [0, 0.05) is 25.9 Å². The fourth-order valence-electron chi connectivity index (χ4n) is 1.36. The van der Waals surface area contributed by atoms with Crippen molar-refractivity contribution in [2.45, 2.75) is 25.7 Å². The van der Waals surface area contributed by atoms with E-state index in [0.717, 1.165) is 0 Å². The first-order valence-electron chi connectivity index (χ1n) is 4.20. The highest BCUT2D eigenvalue weighted by molar-refractivity contribution is 5.78. The fourth-order valence-corrected chi connectivity index (χ4v) is 1.36. The Balaban J connectivity index is 2.40. The first-order valence-corrected chi connectivity index (χ1v) is 4.20. The molecule has 0 atom stereocenters. The van der Waals surface area contributed by atoms with Crippen molar-refractivity contribution in [1.29, 1.82) is 0 Å². The second-order valence-corrected chi connectivity index (χ2v) is 3.02. The van der Waals surface area contributed by atoms with Crippen LogP contribution in [0.3, 0.4) is 0 Å². The van der Waals surface area contributed by atoms with Crippen molar-refractivity contribution in [3.63, 3.8) is 0 Å². The molecule has 0 bridgehead atoms. The van der Waals surface area contributed by atoms with Crippen molar-refractivity contribution in [3.8, 4) is 0 Å². The molecule has 0 aliphatic carbocycles. The van der Waals surface area contributed by atoms with Crippen LogP contribution in [-0.2, 0) is 4.79 Å². The molecule has 0 unspecified atom stereocenters. The lowest BCUT2D eigenvalue weighted by atomic mass is 10.1. The van der Waals surface area contributed by atoms with E-state index < -0.39 is 6.09 Å². The lowest BCUT2D eigenvalue weighted by Crippen LogP contribution is -2.33. The summed E-state index contributed by atoms with van der Waals surface area (Å²) in [5, 5.41) is 8.66. The van der Waals surface area contributed by atoms with Gasteiger partial charge in [-0.15, -0.1) is 0 Å². The molecule has 1 heterocycles. The highest BCUT2D eigenvalue weighted by Gasteiger charge is 2.15. The zero-order valence-electron chi connectivity index (χ0n) is 6.95. The van der Waals surface area contributed by atoms with E-state index in [9.17, 15) is 9.59 Å². The average molecular weight is 171 g/mol. The van der Waals surface area contributed by atoms with E-state index in [2.05, 4.69) is 0 Å². The van der Waals surface area contributed by atoms with Gasteiger partial charge in [0.05, 0.1) is 0 Å². The number of amides is 1. The van der Waals surface area contributed by atoms with E-state index in [1.807, 2.05) is 0 Å². The molecule has 1 rings (SSSR count). The molecule has 1 fully saturated rings. The van der Waals surface area contributed by atoms with Crippen LogP contribution in [0.4, 0.5) is 4.79 Å². The van der Waals surface area contributed by atoms with Crippen molar-refractivity contribution in [2.24, 2.45) is 0 Å². The van der Waals surface area contributed by atoms with Crippen molar-refractivity contribution in [2.75, 3.05) is 13.1 Å². The first-order chi connectivity index (χ1) is 5.70. The van der Waals surface area contributed by atoms with Gasteiger partial charge in [-0.05, 0) is 12.8 Å².